The molecule has 0 spiro atoms. The lowest BCUT2D eigenvalue weighted by atomic mass is 10.1. The number of carbonyl (C=O) groups excluding carboxylic acids is 2. The second-order valence-electron chi connectivity index (χ2n) is 6.24. The zero-order valence-electron chi connectivity index (χ0n) is 14.7. The van der Waals surface area contributed by atoms with Crippen LogP contribution in [-0.2, 0) is 9.59 Å². The van der Waals surface area contributed by atoms with Crippen molar-refractivity contribution >= 4 is 23.6 Å². The summed E-state index contributed by atoms with van der Waals surface area (Å²) in [5, 5.41) is 5.48. The average Bonchev–Trinajstić information content (AvgIpc) is 2.51. The summed E-state index contributed by atoms with van der Waals surface area (Å²) in [5.74, 6) is -0.712. The molecule has 0 atom stereocenters. The Morgan fingerprint density at radius 3 is 2.04 bits per heavy atom. The van der Waals surface area contributed by atoms with E-state index in [1.54, 1.807) is 19.9 Å². The van der Waals surface area contributed by atoms with E-state index >= 15 is 0 Å². The van der Waals surface area contributed by atoms with Crippen LogP contribution in [0.1, 0.15) is 33.3 Å². The Labute approximate surface area is 143 Å². The fraction of sp³-hybridized carbons (Fsp3) is 0.368. The molecule has 5 nitrogen and oxygen atoms in total. The van der Waals surface area contributed by atoms with E-state index in [1.165, 1.54) is 11.8 Å². The van der Waals surface area contributed by atoms with Gasteiger partial charge in [-0.25, -0.2) is 0 Å². The molecule has 1 heterocycles. The van der Waals surface area contributed by atoms with Crippen molar-refractivity contribution in [3.63, 3.8) is 0 Å². The van der Waals surface area contributed by atoms with E-state index in [0.717, 1.165) is 18.7 Å². The quantitative estimate of drug-likeness (QED) is 0.645. The van der Waals surface area contributed by atoms with Crippen LogP contribution in [0.4, 0.5) is 5.69 Å². The molecule has 1 aromatic carbocycles. The van der Waals surface area contributed by atoms with Gasteiger partial charge in [0.05, 0.1) is 0 Å². The number of carbonyl (C=O) groups is 2. The van der Waals surface area contributed by atoms with Gasteiger partial charge in [0.15, 0.2) is 0 Å². The number of nitrogens with one attached hydrogen (secondary N) is 2. The molecule has 2 N–H and O–H groups in total. The van der Waals surface area contributed by atoms with Gasteiger partial charge in [0.1, 0.15) is 11.2 Å². The zero-order valence-corrected chi connectivity index (χ0v) is 14.7. The number of anilines is 1. The van der Waals surface area contributed by atoms with Crippen LogP contribution in [0.25, 0.3) is 6.08 Å². The van der Waals surface area contributed by atoms with Crippen molar-refractivity contribution in [2.45, 2.75) is 33.4 Å². The third-order valence-corrected chi connectivity index (χ3v) is 3.91. The maximum Gasteiger partial charge on any atom is 0.258 e. The van der Waals surface area contributed by atoms with Gasteiger partial charge in [-0.3, -0.25) is 9.59 Å². The summed E-state index contributed by atoms with van der Waals surface area (Å²) in [6.07, 6.45) is 5.14. The molecule has 5 heteroatoms. The first-order chi connectivity index (χ1) is 11.4. The largest absolute Gasteiger partial charge is 0.372 e. The maximum absolute atomic E-state index is 12.0. The Morgan fingerprint density at radius 1 is 1.00 bits per heavy atom. The second-order valence-corrected chi connectivity index (χ2v) is 6.24. The molecular formula is C19H25N3O2. The number of amides is 2. The zero-order chi connectivity index (χ0) is 17.7. The Kier molecular flexibility index (Phi) is 5.44. The molecule has 1 saturated heterocycles. The van der Waals surface area contributed by atoms with Gasteiger partial charge >= 0.3 is 0 Å². The van der Waals surface area contributed by atoms with Crippen LogP contribution in [0.3, 0.4) is 0 Å². The highest BCUT2D eigenvalue weighted by Crippen LogP contribution is 2.16. The summed E-state index contributed by atoms with van der Waals surface area (Å²) in [6, 6.07) is 8.18. The molecule has 0 bridgehead atoms. The normalized spacial score (nSPS) is 16.8. The number of benzene rings is 1. The predicted octanol–water partition coefficient (Wildman–Crippen LogP) is 2.45. The van der Waals surface area contributed by atoms with Gasteiger partial charge in [-0.1, -0.05) is 24.3 Å². The van der Waals surface area contributed by atoms with Gasteiger partial charge in [-0.15, -0.1) is 0 Å². The van der Waals surface area contributed by atoms with Crippen LogP contribution < -0.4 is 15.5 Å². The number of hydrogen-bond donors (Lipinski definition) is 2. The minimum Gasteiger partial charge on any atom is -0.372 e. The van der Waals surface area contributed by atoms with Gasteiger partial charge < -0.3 is 15.5 Å². The molecule has 128 valence electrons. The average molecular weight is 327 g/mol. The molecule has 0 aromatic heterocycles. The first kappa shape index (κ1) is 17.8. The summed E-state index contributed by atoms with van der Waals surface area (Å²) >= 11 is 0. The smallest absolute Gasteiger partial charge is 0.258 e. The minimum absolute atomic E-state index is 0.116. The lowest BCUT2D eigenvalue weighted by Crippen LogP contribution is -2.62. The fourth-order valence-electron chi connectivity index (χ4n) is 2.63. The van der Waals surface area contributed by atoms with Crippen molar-refractivity contribution in [3.8, 4) is 0 Å². The van der Waals surface area contributed by atoms with E-state index in [0.29, 0.717) is 0 Å². The summed E-state index contributed by atoms with van der Waals surface area (Å²) in [6.45, 7) is 9.69. The Bertz CT molecular complexity index is 646. The second kappa shape index (κ2) is 7.34. The van der Waals surface area contributed by atoms with Crippen molar-refractivity contribution in [2.24, 2.45) is 0 Å². The van der Waals surface area contributed by atoms with Gasteiger partial charge in [-0.05, 0) is 51.5 Å². The highest BCUT2D eigenvalue weighted by atomic mass is 16.2. The van der Waals surface area contributed by atoms with E-state index in [1.807, 2.05) is 18.2 Å². The van der Waals surface area contributed by atoms with Gasteiger partial charge in [-0.2, -0.15) is 0 Å². The molecule has 1 aliphatic rings. The monoisotopic (exact) mass is 327 g/mol. The van der Waals surface area contributed by atoms with Gasteiger partial charge in [0, 0.05) is 18.8 Å². The van der Waals surface area contributed by atoms with Crippen LogP contribution in [0.5, 0.6) is 0 Å². The summed E-state index contributed by atoms with van der Waals surface area (Å²) in [7, 11) is 0. The SMILES string of the molecule is CCN(CC)c1ccc(/C=C/C=C2C(=O)NC(C)(C)NC2=O)cc1. The summed E-state index contributed by atoms with van der Waals surface area (Å²) in [4.78, 5) is 26.2. The molecule has 2 amide bonds. The Hall–Kier alpha value is -2.56. The molecule has 1 fully saturated rings. The number of allylic oxidation sites excluding steroid dienone is 2. The topological polar surface area (TPSA) is 61.4 Å². The van der Waals surface area contributed by atoms with E-state index in [-0.39, 0.29) is 17.4 Å². The van der Waals surface area contributed by atoms with E-state index < -0.39 is 5.66 Å². The highest BCUT2D eigenvalue weighted by molar-refractivity contribution is 6.20. The predicted molar refractivity (Wildman–Crippen MR) is 97.5 cm³/mol. The molecule has 1 aromatic rings. The van der Waals surface area contributed by atoms with E-state index in [4.69, 9.17) is 0 Å². The Balaban J connectivity index is 2.08. The summed E-state index contributed by atoms with van der Waals surface area (Å²) < 4.78 is 0. The van der Waals surface area contributed by atoms with E-state index in [2.05, 4.69) is 41.5 Å². The molecule has 2 rings (SSSR count). The van der Waals surface area contributed by atoms with Crippen LogP contribution in [0.15, 0.2) is 42.0 Å². The first-order valence-electron chi connectivity index (χ1n) is 8.24. The first-order valence-corrected chi connectivity index (χ1v) is 8.24. The highest BCUT2D eigenvalue weighted by Gasteiger charge is 2.33. The van der Waals surface area contributed by atoms with Crippen molar-refractivity contribution in [2.75, 3.05) is 18.0 Å². The third-order valence-electron chi connectivity index (χ3n) is 3.91. The van der Waals surface area contributed by atoms with Crippen molar-refractivity contribution in [3.05, 3.63) is 47.6 Å². The molecule has 0 radical (unpaired) electrons. The molecule has 1 aliphatic heterocycles. The van der Waals surface area contributed by atoms with Crippen molar-refractivity contribution < 1.29 is 9.59 Å². The number of nitrogens with zero attached hydrogens (tertiary/aromatic N) is 1. The van der Waals surface area contributed by atoms with Gasteiger partial charge in [0.25, 0.3) is 11.8 Å². The third kappa shape index (κ3) is 4.25. The molecule has 0 unspecified atom stereocenters. The number of rotatable bonds is 5. The van der Waals surface area contributed by atoms with Gasteiger partial charge in [0.2, 0.25) is 0 Å². The van der Waals surface area contributed by atoms with Crippen molar-refractivity contribution in [1.82, 2.24) is 10.6 Å². The van der Waals surface area contributed by atoms with Crippen LogP contribution >= 0.6 is 0 Å². The van der Waals surface area contributed by atoms with E-state index in [9.17, 15) is 9.59 Å². The molecule has 0 saturated carbocycles. The lowest BCUT2D eigenvalue weighted by molar-refractivity contribution is -0.129. The maximum atomic E-state index is 12.0. The lowest BCUT2D eigenvalue weighted by Gasteiger charge is -2.32. The minimum atomic E-state index is -0.713. The van der Waals surface area contributed by atoms with Crippen LogP contribution in [0.2, 0.25) is 0 Å². The fourth-order valence-corrected chi connectivity index (χ4v) is 2.63. The number of hydrogen-bond acceptors (Lipinski definition) is 3. The summed E-state index contributed by atoms with van der Waals surface area (Å²) in [5.41, 5.74) is 1.60. The van der Waals surface area contributed by atoms with Crippen molar-refractivity contribution in [1.29, 1.82) is 0 Å². The molecule has 24 heavy (non-hydrogen) atoms. The molecular weight excluding hydrogens is 302 g/mol. The molecule has 0 aliphatic carbocycles. The van der Waals surface area contributed by atoms with Crippen LogP contribution in [-0.4, -0.2) is 30.6 Å². The Morgan fingerprint density at radius 2 is 1.54 bits per heavy atom. The van der Waals surface area contributed by atoms with Crippen LogP contribution in [0, 0.1) is 0 Å². The standard InChI is InChI=1S/C19H25N3O2/c1-5-22(6-2)15-12-10-14(11-13-15)8-7-9-16-17(23)20-19(3,4)21-18(16)24/h7-13H,5-6H2,1-4H3,(H,20,23)(H,21,24)/b8-7+.